The molecule has 0 spiro atoms. The van der Waals surface area contributed by atoms with Crippen LogP contribution in [0.3, 0.4) is 0 Å². The molecule has 21 heavy (non-hydrogen) atoms. The van der Waals surface area contributed by atoms with E-state index in [4.69, 9.17) is 0 Å². The van der Waals surface area contributed by atoms with Gasteiger partial charge in [-0.1, -0.05) is 6.42 Å². The van der Waals surface area contributed by atoms with Crippen molar-refractivity contribution < 1.29 is 4.79 Å². The summed E-state index contributed by atoms with van der Waals surface area (Å²) in [6.07, 6.45) is 3.90. The van der Waals surface area contributed by atoms with Crippen LogP contribution in [0, 0.1) is 6.92 Å². The Hall–Kier alpha value is -1.36. The Kier molecular flexibility index (Phi) is 5.04. The first-order valence-electron chi connectivity index (χ1n) is 7.95. The van der Waals surface area contributed by atoms with Crippen molar-refractivity contribution in [3.63, 3.8) is 0 Å². The van der Waals surface area contributed by atoms with Gasteiger partial charge in [-0.05, 0) is 59.7 Å². The molecule has 1 aliphatic rings. The number of carbonyl (C=O) groups is 1. The van der Waals surface area contributed by atoms with Gasteiger partial charge in [0.2, 0.25) is 0 Å². The van der Waals surface area contributed by atoms with Gasteiger partial charge in [-0.2, -0.15) is 5.10 Å². The zero-order valence-electron chi connectivity index (χ0n) is 13.8. The highest BCUT2D eigenvalue weighted by atomic mass is 16.1. The summed E-state index contributed by atoms with van der Waals surface area (Å²) in [5.41, 5.74) is 1.43. The van der Waals surface area contributed by atoms with Crippen molar-refractivity contribution in [1.82, 2.24) is 20.0 Å². The Labute approximate surface area is 127 Å². The Morgan fingerprint density at radius 3 is 2.52 bits per heavy atom. The van der Waals surface area contributed by atoms with Crippen molar-refractivity contribution in [1.29, 1.82) is 0 Å². The maximum absolute atomic E-state index is 12.2. The summed E-state index contributed by atoms with van der Waals surface area (Å²) >= 11 is 0. The van der Waals surface area contributed by atoms with Crippen LogP contribution < -0.4 is 5.32 Å². The molecule has 2 rings (SSSR count). The molecule has 0 saturated carbocycles. The SMILES string of the molecule is Cc1cc(C(=O)NCCN2CCCCC2)nn1C(C)(C)C. The third-order valence-electron chi connectivity index (χ3n) is 3.92. The lowest BCUT2D eigenvalue weighted by atomic mass is 10.1. The van der Waals surface area contributed by atoms with Gasteiger partial charge in [0.15, 0.2) is 0 Å². The van der Waals surface area contributed by atoms with E-state index in [0.717, 1.165) is 25.3 Å². The molecule has 1 N–H and O–H groups in total. The number of likely N-dealkylation sites (tertiary alicyclic amines) is 1. The monoisotopic (exact) mass is 292 g/mol. The van der Waals surface area contributed by atoms with E-state index in [-0.39, 0.29) is 11.4 Å². The Balaban J connectivity index is 1.86. The minimum atomic E-state index is -0.101. The van der Waals surface area contributed by atoms with Gasteiger partial charge in [-0.3, -0.25) is 9.48 Å². The highest BCUT2D eigenvalue weighted by Crippen LogP contribution is 2.16. The molecule has 1 fully saturated rings. The predicted octanol–water partition coefficient (Wildman–Crippen LogP) is 2.16. The summed E-state index contributed by atoms with van der Waals surface area (Å²) in [5.74, 6) is -0.0712. The van der Waals surface area contributed by atoms with Crippen molar-refractivity contribution in [2.75, 3.05) is 26.2 Å². The van der Waals surface area contributed by atoms with Crippen LogP contribution in [0.25, 0.3) is 0 Å². The summed E-state index contributed by atoms with van der Waals surface area (Å²) in [6.45, 7) is 12.2. The summed E-state index contributed by atoms with van der Waals surface area (Å²) in [7, 11) is 0. The molecule has 1 saturated heterocycles. The Morgan fingerprint density at radius 1 is 1.29 bits per heavy atom. The van der Waals surface area contributed by atoms with Crippen LogP contribution in [-0.4, -0.2) is 46.8 Å². The number of aryl methyl sites for hydroxylation is 1. The summed E-state index contributed by atoms with van der Waals surface area (Å²) in [4.78, 5) is 14.6. The third kappa shape index (κ3) is 4.30. The van der Waals surface area contributed by atoms with E-state index >= 15 is 0 Å². The molecular weight excluding hydrogens is 264 g/mol. The molecule has 0 unspecified atom stereocenters. The van der Waals surface area contributed by atoms with Crippen LogP contribution in [0.4, 0.5) is 0 Å². The van der Waals surface area contributed by atoms with Crippen LogP contribution in [0.1, 0.15) is 56.2 Å². The van der Waals surface area contributed by atoms with Gasteiger partial charge in [0.05, 0.1) is 5.54 Å². The van der Waals surface area contributed by atoms with Gasteiger partial charge < -0.3 is 10.2 Å². The average molecular weight is 292 g/mol. The molecule has 118 valence electrons. The van der Waals surface area contributed by atoms with E-state index in [1.807, 2.05) is 17.7 Å². The molecule has 0 radical (unpaired) electrons. The number of nitrogens with zero attached hydrogens (tertiary/aromatic N) is 3. The zero-order chi connectivity index (χ0) is 15.5. The summed E-state index contributed by atoms with van der Waals surface area (Å²) in [6, 6.07) is 1.86. The number of nitrogens with one attached hydrogen (secondary N) is 1. The molecule has 0 atom stereocenters. The first kappa shape index (κ1) is 16.0. The van der Waals surface area contributed by atoms with Crippen molar-refractivity contribution in [3.05, 3.63) is 17.5 Å². The number of carbonyl (C=O) groups excluding carboxylic acids is 1. The van der Waals surface area contributed by atoms with Crippen LogP contribution in [0.2, 0.25) is 0 Å². The minimum absolute atomic E-state index is 0.0712. The molecule has 5 heteroatoms. The molecule has 5 nitrogen and oxygen atoms in total. The highest BCUT2D eigenvalue weighted by Gasteiger charge is 2.20. The van der Waals surface area contributed by atoms with E-state index in [1.165, 1.54) is 19.3 Å². The second-order valence-corrected chi connectivity index (χ2v) is 6.91. The smallest absolute Gasteiger partial charge is 0.271 e. The van der Waals surface area contributed by atoms with Gasteiger partial charge in [-0.25, -0.2) is 0 Å². The van der Waals surface area contributed by atoms with E-state index in [9.17, 15) is 4.79 Å². The number of rotatable bonds is 4. The van der Waals surface area contributed by atoms with E-state index < -0.39 is 0 Å². The van der Waals surface area contributed by atoms with Gasteiger partial charge in [0.25, 0.3) is 5.91 Å². The molecule has 2 heterocycles. The Morgan fingerprint density at radius 2 is 1.95 bits per heavy atom. The molecule has 1 amide bonds. The van der Waals surface area contributed by atoms with Crippen LogP contribution in [0.5, 0.6) is 0 Å². The fraction of sp³-hybridized carbons (Fsp3) is 0.750. The largest absolute Gasteiger partial charge is 0.349 e. The van der Waals surface area contributed by atoms with Crippen LogP contribution in [-0.2, 0) is 5.54 Å². The van der Waals surface area contributed by atoms with Gasteiger partial charge in [0, 0.05) is 18.8 Å². The molecular formula is C16H28N4O. The standard InChI is InChI=1S/C16H28N4O/c1-13-12-14(18-20(13)16(2,3)4)15(21)17-8-11-19-9-6-5-7-10-19/h12H,5-11H2,1-4H3,(H,17,21). The quantitative estimate of drug-likeness (QED) is 0.925. The zero-order valence-corrected chi connectivity index (χ0v) is 13.8. The van der Waals surface area contributed by atoms with Crippen molar-refractivity contribution in [2.45, 2.75) is 52.5 Å². The number of hydrogen-bond acceptors (Lipinski definition) is 3. The fourth-order valence-corrected chi connectivity index (χ4v) is 2.87. The van der Waals surface area contributed by atoms with Crippen molar-refractivity contribution in [3.8, 4) is 0 Å². The lowest BCUT2D eigenvalue weighted by molar-refractivity contribution is 0.0940. The van der Waals surface area contributed by atoms with Gasteiger partial charge in [-0.15, -0.1) is 0 Å². The number of aromatic nitrogens is 2. The lowest BCUT2D eigenvalue weighted by Gasteiger charge is -2.26. The molecule has 0 aromatic carbocycles. The van der Waals surface area contributed by atoms with Gasteiger partial charge in [0.1, 0.15) is 5.69 Å². The van der Waals surface area contributed by atoms with E-state index in [1.54, 1.807) is 0 Å². The summed E-state index contributed by atoms with van der Waals surface area (Å²) in [5, 5.41) is 7.42. The summed E-state index contributed by atoms with van der Waals surface area (Å²) < 4.78 is 1.91. The highest BCUT2D eigenvalue weighted by molar-refractivity contribution is 5.92. The maximum atomic E-state index is 12.2. The number of piperidine rings is 1. The molecule has 1 aromatic heterocycles. The van der Waals surface area contributed by atoms with Gasteiger partial charge >= 0.3 is 0 Å². The molecule has 1 aromatic rings. The number of amides is 1. The van der Waals surface area contributed by atoms with E-state index in [0.29, 0.717) is 12.2 Å². The minimum Gasteiger partial charge on any atom is -0.349 e. The lowest BCUT2D eigenvalue weighted by Crippen LogP contribution is -2.37. The van der Waals surface area contributed by atoms with Crippen LogP contribution in [0.15, 0.2) is 6.07 Å². The first-order valence-corrected chi connectivity index (χ1v) is 7.95. The Bertz CT molecular complexity index is 481. The molecule has 0 bridgehead atoms. The molecule has 1 aliphatic heterocycles. The second-order valence-electron chi connectivity index (χ2n) is 6.91. The normalized spacial score (nSPS) is 17.0. The third-order valence-corrected chi connectivity index (χ3v) is 3.92. The molecule has 0 aliphatic carbocycles. The van der Waals surface area contributed by atoms with Crippen molar-refractivity contribution >= 4 is 5.91 Å². The van der Waals surface area contributed by atoms with Crippen LogP contribution >= 0.6 is 0 Å². The second kappa shape index (κ2) is 6.60. The predicted molar refractivity (Wildman–Crippen MR) is 84.6 cm³/mol. The topological polar surface area (TPSA) is 50.2 Å². The first-order chi connectivity index (χ1) is 9.88. The fourth-order valence-electron chi connectivity index (χ4n) is 2.87. The maximum Gasteiger partial charge on any atom is 0.271 e. The number of hydrogen-bond donors (Lipinski definition) is 1. The van der Waals surface area contributed by atoms with Crippen molar-refractivity contribution in [2.24, 2.45) is 0 Å². The average Bonchev–Trinajstić information content (AvgIpc) is 2.82. The van der Waals surface area contributed by atoms with E-state index in [2.05, 4.69) is 36.1 Å².